The largest absolute Gasteiger partial charge is 0.340 e. The normalized spacial score (nSPS) is 14.0. The van der Waals surface area contributed by atoms with Gasteiger partial charge in [0, 0.05) is 0 Å². The minimum absolute atomic E-state index is 0.182. The van der Waals surface area contributed by atoms with Gasteiger partial charge in [-0.3, -0.25) is 14.3 Å². The van der Waals surface area contributed by atoms with Crippen molar-refractivity contribution in [2.24, 2.45) is 0 Å². The highest BCUT2D eigenvalue weighted by atomic mass is 32.2. The van der Waals surface area contributed by atoms with Crippen LogP contribution in [0.15, 0.2) is 58.3 Å². The molecule has 1 heterocycles. The summed E-state index contributed by atoms with van der Waals surface area (Å²) in [6.07, 6.45) is -0.385. The van der Waals surface area contributed by atoms with Crippen LogP contribution in [-0.4, -0.2) is 29.5 Å². The highest BCUT2D eigenvalue weighted by molar-refractivity contribution is 7.85. The quantitative estimate of drug-likeness (QED) is 0.691. The Balaban J connectivity index is 2.04. The minimum atomic E-state index is -3.55. The van der Waals surface area contributed by atoms with Crippen molar-refractivity contribution in [1.82, 2.24) is 0 Å². The Morgan fingerprint density at radius 3 is 1.88 bits per heavy atom. The van der Waals surface area contributed by atoms with Gasteiger partial charge in [0.1, 0.15) is 6.16 Å². The van der Waals surface area contributed by atoms with Crippen molar-refractivity contribution in [2.75, 3.05) is 24.3 Å². The van der Waals surface area contributed by atoms with Gasteiger partial charge in [-0.1, -0.05) is 24.3 Å². The molecule has 0 atom stereocenters. The number of amides is 1. The molecule has 1 aliphatic heterocycles. The van der Waals surface area contributed by atoms with Crippen LogP contribution in [-0.2, 0) is 29.2 Å². The summed E-state index contributed by atoms with van der Waals surface area (Å²) in [4.78, 5) is 15.6. The van der Waals surface area contributed by atoms with E-state index in [9.17, 15) is 13.6 Å². The van der Waals surface area contributed by atoms with Crippen LogP contribution in [0.2, 0.25) is 0 Å². The number of anilines is 2. The predicted molar refractivity (Wildman–Crippen MR) is 100 cm³/mol. The smallest absolute Gasteiger partial charge is 0.309 e. The topological polar surface area (TPSA) is 72.9 Å². The van der Waals surface area contributed by atoms with E-state index in [1.165, 1.54) is 4.90 Å². The Bertz CT molecular complexity index is 841. The summed E-state index contributed by atoms with van der Waals surface area (Å²) in [5, 5.41) is 0. The fourth-order valence-corrected chi connectivity index (χ4v) is 5.73. The van der Waals surface area contributed by atoms with Crippen molar-refractivity contribution in [2.45, 2.75) is 23.6 Å². The number of carbonyl (C=O) groups excluding carboxylic acids is 1. The molecule has 1 aliphatic rings. The summed E-state index contributed by atoms with van der Waals surface area (Å²) in [6.45, 7) is 3.76. The van der Waals surface area contributed by atoms with E-state index in [0.29, 0.717) is 21.2 Å². The molecule has 0 bridgehead atoms. The third kappa shape index (κ3) is 3.53. The second kappa shape index (κ2) is 7.84. The predicted octanol–water partition coefficient (Wildman–Crippen LogP) is 4.10. The molecule has 0 spiro atoms. The first-order valence-electron chi connectivity index (χ1n) is 8.31. The fourth-order valence-electron chi connectivity index (χ4n) is 2.87. The van der Waals surface area contributed by atoms with Gasteiger partial charge in [0.2, 0.25) is 5.91 Å². The monoisotopic (exact) mass is 393 g/mol. The Labute approximate surface area is 155 Å². The molecular weight excluding hydrogens is 373 g/mol. The lowest BCUT2D eigenvalue weighted by Crippen LogP contribution is -2.33. The number of fused-ring (bicyclic) bond motifs is 2. The van der Waals surface area contributed by atoms with Crippen molar-refractivity contribution in [1.29, 1.82) is 0 Å². The molecule has 138 valence electrons. The summed E-state index contributed by atoms with van der Waals surface area (Å²) < 4.78 is 36.1. The van der Waals surface area contributed by atoms with E-state index in [0.717, 1.165) is 0 Å². The molecule has 0 N–H and O–H groups in total. The molecular formula is C18H20NO5PS. The Kier molecular flexibility index (Phi) is 5.73. The van der Waals surface area contributed by atoms with Crippen LogP contribution in [0.3, 0.4) is 0 Å². The summed E-state index contributed by atoms with van der Waals surface area (Å²) in [7, 11) is -4.93. The highest BCUT2D eigenvalue weighted by Crippen LogP contribution is 2.50. The lowest BCUT2D eigenvalue weighted by molar-refractivity contribution is -0.115. The lowest BCUT2D eigenvalue weighted by atomic mass is 10.2. The second-order valence-electron chi connectivity index (χ2n) is 5.54. The number of rotatable bonds is 6. The molecule has 2 aromatic carbocycles. The van der Waals surface area contributed by atoms with Gasteiger partial charge in [-0.25, -0.2) is 4.21 Å². The summed E-state index contributed by atoms with van der Waals surface area (Å²) in [6, 6.07) is 14.0. The maximum absolute atomic E-state index is 13.1. The van der Waals surface area contributed by atoms with Crippen LogP contribution < -0.4 is 4.90 Å². The van der Waals surface area contributed by atoms with Crippen LogP contribution >= 0.6 is 7.60 Å². The molecule has 1 amide bonds. The van der Waals surface area contributed by atoms with E-state index < -0.39 is 24.3 Å². The second-order valence-corrected chi connectivity index (χ2v) is 9.01. The van der Waals surface area contributed by atoms with Crippen molar-refractivity contribution in [3.05, 3.63) is 48.5 Å². The zero-order valence-corrected chi connectivity index (χ0v) is 16.3. The first-order chi connectivity index (χ1) is 12.5. The lowest BCUT2D eigenvalue weighted by Gasteiger charge is -2.31. The average molecular weight is 393 g/mol. The molecule has 0 radical (unpaired) electrons. The highest BCUT2D eigenvalue weighted by Gasteiger charge is 2.36. The fraction of sp³-hybridized carbons (Fsp3) is 0.278. The molecule has 0 fully saturated rings. The van der Waals surface area contributed by atoms with Crippen LogP contribution in [0.1, 0.15) is 13.8 Å². The number of carbonyl (C=O) groups is 1. The van der Waals surface area contributed by atoms with E-state index in [-0.39, 0.29) is 19.4 Å². The molecule has 0 unspecified atom stereocenters. The van der Waals surface area contributed by atoms with Gasteiger partial charge >= 0.3 is 7.60 Å². The summed E-state index contributed by atoms with van der Waals surface area (Å²) >= 11 is 0. The molecule has 26 heavy (non-hydrogen) atoms. The van der Waals surface area contributed by atoms with E-state index >= 15 is 0 Å². The standard InChI is InChI=1S/C18H20NO5PS/c1-3-23-25(21,24-4-2)13-18(20)19-14-9-5-7-11-16(14)26(22)17-12-8-6-10-15(17)19/h5-12H,3-4,13H2,1-2H3. The maximum Gasteiger partial charge on any atom is 0.340 e. The Morgan fingerprint density at radius 2 is 1.42 bits per heavy atom. The molecule has 2 aromatic rings. The van der Waals surface area contributed by atoms with Crippen LogP contribution in [0.25, 0.3) is 0 Å². The third-order valence-electron chi connectivity index (χ3n) is 3.84. The maximum atomic E-state index is 13.1. The third-order valence-corrected chi connectivity index (χ3v) is 7.29. The Hall–Kier alpha value is -1.79. The van der Waals surface area contributed by atoms with Crippen molar-refractivity contribution in [3.63, 3.8) is 0 Å². The SMILES string of the molecule is CCOP(=O)(CC(=O)N1c2ccccc2S(=O)c2ccccc21)OCC. The van der Waals surface area contributed by atoms with E-state index in [4.69, 9.17) is 9.05 Å². The first kappa shape index (κ1) is 19.0. The van der Waals surface area contributed by atoms with E-state index in [1.54, 1.807) is 62.4 Å². The molecule has 3 rings (SSSR count). The van der Waals surface area contributed by atoms with Gasteiger partial charge in [0.15, 0.2) is 0 Å². The first-order valence-corrected chi connectivity index (χ1v) is 11.2. The van der Waals surface area contributed by atoms with Crippen molar-refractivity contribution < 1.29 is 22.6 Å². The van der Waals surface area contributed by atoms with Crippen molar-refractivity contribution >= 4 is 35.7 Å². The van der Waals surface area contributed by atoms with Crippen LogP contribution in [0.4, 0.5) is 11.4 Å². The molecule has 0 saturated carbocycles. The van der Waals surface area contributed by atoms with Crippen LogP contribution in [0, 0.1) is 0 Å². The van der Waals surface area contributed by atoms with Gasteiger partial charge in [-0.2, -0.15) is 0 Å². The van der Waals surface area contributed by atoms with E-state index in [2.05, 4.69) is 0 Å². The van der Waals surface area contributed by atoms with Gasteiger partial charge in [0.25, 0.3) is 0 Å². The molecule has 0 aliphatic carbocycles. The van der Waals surface area contributed by atoms with Gasteiger partial charge in [-0.05, 0) is 38.1 Å². The average Bonchev–Trinajstić information content (AvgIpc) is 2.62. The zero-order valence-electron chi connectivity index (χ0n) is 14.6. The number of para-hydroxylation sites is 2. The van der Waals surface area contributed by atoms with Gasteiger partial charge in [0.05, 0.1) is 45.2 Å². The van der Waals surface area contributed by atoms with Crippen LogP contribution in [0.5, 0.6) is 0 Å². The van der Waals surface area contributed by atoms with Crippen molar-refractivity contribution in [3.8, 4) is 0 Å². The summed E-state index contributed by atoms with van der Waals surface area (Å²) in [5.74, 6) is -0.424. The number of hydrogen-bond acceptors (Lipinski definition) is 5. The minimum Gasteiger partial charge on any atom is -0.309 e. The number of hydrogen-bond donors (Lipinski definition) is 0. The molecule has 0 aromatic heterocycles. The van der Waals surface area contributed by atoms with Gasteiger partial charge in [-0.15, -0.1) is 0 Å². The Morgan fingerprint density at radius 1 is 0.962 bits per heavy atom. The molecule has 8 heteroatoms. The zero-order chi connectivity index (χ0) is 18.7. The number of benzene rings is 2. The molecule has 0 saturated heterocycles. The molecule has 6 nitrogen and oxygen atoms in total. The van der Waals surface area contributed by atoms with E-state index in [1.807, 2.05) is 0 Å². The van der Waals surface area contributed by atoms with Gasteiger partial charge < -0.3 is 9.05 Å². The number of nitrogens with zero attached hydrogens (tertiary/aromatic N) is 1. The summed E-state index contributed by atoms with van der Waals surface area (Å²) in [5.41, 5.74) is 1.04.